The van der Waals surface area contributed by atoms with E-state index in [0.29, 0.717) is 76.0 Å². The van der Waals surface area contributed by atoms with E-state index >= 15 is 0 Å². The number of carbonyl (C=O) groups is 1. The highest BCUT2D eigenvalue weighted by Crippen LogP contribution is 2.77. The highest BCUT2D eigenvalue weighted by Gasteiger charge is 2.70. The predicted octanol–water partition coefficient (Wildman–Crippen LogP) is 8.36. The fourth-order valence-electron chi connectivity index (χ4n) is 14.0. The minimum atomic E-state index is -2.85. The Morgan fingerprint density at radius 3 is 2.28 bits per heavy atom. The van der Waals surface area contributed by atoms with Crippen LogP contribution in [-0.2, 0) is 9.84 Å². The fraction of sp³-hybridized carbons (Fsp3) is 0.744. The van der Waals surface area contributed by atoms with Crippen LogP contribution in [0.2, 0.25) is 0 Å². The van der Waals surface area contributed by atoms with E-state index in [-0.39, 0.29) is 10.8 Å². The van der Waals surface area contributed by atoms with E-state index in [1.165, 1.54) is 68.1 Å². The lowest BCUT2D eigenvalue weighted by Crippen LogP contribution is -2.65. The van der Waals surface area contributed by atoms with Crippen LogP contribution in [0.4, 0.5) is 0 Å². The summed E-state index contributed by atoms with van der Waals surface area (Å²) < 4.78 is 23.9. The molecule has 1 aromatic rings. The van der Waals surface area contributed by atoms with Crippen molar-refractivity contribution in [2.45, 2.75) is 99.3 Å². The van der Waals surface area contributed by atoms with E-state index in [9.17, 15) is 18.3 Å². The molecule has 1 aromatic carbocycles. The summed E-state index contributed by atoms with van der Waals surface area (Å²) in [7, 11) is -2.85. The van der Waals surface area contributed by atoms with Gasteiger partial charge in [-0.2, -0.15) is 0 Å². The molecular formula is C43H64N2O4S. The van der Waals surface area contributed by atoms with Gasteiger partial charge in [-0.15, -0.1) is 0 Å². The highest BCUT2D eigenvalue weighted by atomic mass is 32.2. The van der Waals surface area contributed by atoms with Gasteiger partial charge in [0.2, 0.25) is 0 Å². The number of rotatable bonds is 8. The largest absolute Gasteiger partial charge is 0.478 e. The number of carboxylic acids is 1. The number of carboxylic acid groups (broad SMARTS) is 1. The smallest absolute Gasteiger partial charge is 0.335 e. The lowest BCUT2D eigenvalue weighted by atomic mass is 9.32. The SMILES string of the molecule is C=C(C)[C@@H]1CC[C@]2(CNCCN3CCS(=O)(=O)CC3)CC[C@]3(C)[C@H](CC[C@@H]4[C@@]5(C)CC=C(c6ccc(C(=O)O)cc6)C(C)(C)[C@@H]5CC[C@]43C)[C@@H]12. The van der Waals surface area contributed by atoms with Crippen LogP contribution in [0.15, 0.2) is 42.5 Å². The van der Waals surface area contributed by atoms with Gasteiger partial charge in [-0.1, -0.05) is 65.0 Å². The van der Waals surface area contributed by atoms with Gasteiger partial charge in [-0.05, 0) is 145 Å². The number of fused-ring (bicyclic) bond motifs is 7. The van der Waals surface area contributed by atoms with Crippen molar-refractivity contribution in [3.05, 3.63) is 53.6 Å². The molecule has 5 fully saturated rings. The number of nitrogens with one attached hydrogen (secondary N) is 1. The Bertz CT molecular complexity index is 1630. The fourth-order valence-corrected chi connectivity index (χ4v) is 15.3. The maximum Gasteiger partial charge on any atom is 0.335 e. The number of sulfone groups is 1. The average molecular weight is 705 g/mol. The topological polar surface area (TPSA) is 86.7 Å². The third-order valence-corrected chi connectivity index (χ3v) is 18.4. The summed E-state index contributed by atoms with van der Waals surface area (Å²) in [5.74, 6) is 3.01. The molecule has 2 N–H and O–H groups in total. The number of hydrogen-bond donors (Lipinski definition) is 2. The molecule has 0 bridgehead atoms. The molecule has 0 aromatic heterocycles. The first-order valence-corrected chi connectivity index (χ1v) is 21.6. The number of benzene rings is 1. The second-order valence-corrected chi connectivity index (χ2v) is 21.4. The Morgan fingerprint density at radius 2 is 1.62 bits per heavy atom. The van der Waals surface area contributed by atoms with Crippen LogP contribution in [0.25, 0.3) is 5.57 Å². The van der Waals surface area contributed by atoms with Gasteiger partial charge in [-0.3, -0.25) is 0 Å². The molecule has 7 heteroatoms. The molecular weight excluding hydrogens is 641 g/mol. The molecule has 0 amide bonds. The van der Waals surface area contributed by atoms with Gasteiger partial charge in [0, 0.05) is 32.7 Å². The molecule has 276 valence electrons. The van der Waals surface area contributed by atoms with E-state index in [0.717, 1.165) is 26.1 Å². The van der Waals surface area contributed by atoms with Crippen molar-refractivity contribution in [2.24, 2.45) is 56.7 Å². The van der Waals surface area contributed by atoms with E-state index in [2.05, 4.69) is 64.4 Å². The minimum absolute atomic E-state index is 0.0170. The molecule has 7 rings (SSSR count). The summed E-state index contributed by atoms with van der Waals surface area (Å²) in [5, 5.41) is 13.4. The molecule has 5 aliphatic carbocycles. The normalized spacial score (nSPS) is 42.0. The van der Waals surface area contributed by atoms with Crippen LogP contribution in [0.5, 0.6) is 0 Å². The summed E-state index contributed by atoms with van der Waals surface area (Å²) in [6, 6.07) is 7.60. The first kappa shape index (κ1) is 36.4. The van der Waals surface area contributed by atoms with Crippen LogP contribution >= 0.6 is 0 Å². The summed E-state index contributed by atoms with van der Waals surface area (Å²) in [6.45, 7) is 24.2. The van der Waals surface area contributed by atoms with Crippen LogP contribution < -0.4 is 5.32 Å². The van der Waals surface area contributed by atoms with Gasteiger partial charge < -0.3 is 15.3 Å². The maximum atomic E-state index is 11.9. The van der Waals surface area contributed by atoms with Crippen molar-refractivity contribution in [1.29, 1.82) is 0 Å². The molecule has 6 aliphatic rings. The van der Waals surface area contributed by atoms with Crippen molar-refractivity contribution in [1.82, 2.24) is 10.2 Å². The van der Waals surface area contributed by atoms with Crippen LogP contribution in [0.1, 0.15) is 115 Å². The molecule has 1 saturated heterocycles. The molecule has 0 spiro atoms. The van der Waals surface area contributed by atoms with Crippen LogP contribution in [0, 0.1) is 56.7 Å². The highest BCUT2D eigenvalue weighted by molar-refractivity contribution is 7.91. The molecule has 1 aliphatic heterocycles. The second-order valence-electron chi connectivity index (χ2n) is 19.1. The quantitative estimate of drug-likeness (QED) is 0.209. The zero-order valence-corrected chi connectivity index (χ0v) is 32.6. The molecule has 9 atom stereocenters. The van der Waals surface area contributed by atoms with E-state index in [1.54, 1.807) is 12.1 Å². The Labute approximate surface area is 302 Å². The van der Waals surface area contributed by atoms with E-state index < -0.39 is 15.8 Å². The van der Waals surface area contributed by atoms with Gasteiger partial charge >= 0.3 is 5.97 Å². The molecule has 4 saturated carbocycles. The third-order valence-electron chi connectivity index (χ3n) is 16.8. The number of hydrogen-bond acceptors (Lipinski definition) is 5. The summed E-state index contributed by atoms with van der Waals surface area (Å²) in [5.41, 5.74) is 5.50. The Kier molecular flexibility index (Phi) is 9.16. The number of allylic oxidation sites excluding steroid dienone is 3. The monoisotopic (exact) mass is 704 g/mol. The van der Waals surface area contributed by atoms with Gasteiger partial charge in [0.25, 0.3) is 0 Å². The lowest BCUT2D eigenvalue weighted by molar-refractivity contribution is -0.225. The summed E-state index contributed by atoms with van der Waals surface area (Å²) in [4.78, 5) is 13.9. The minimum Gasteiger partial charge on any atom is -0.478 e. The van der Waals surface area contributed by atoms with Crippen molar-refractivity contribution in [3.8, 4) is 0 Å². The zero-order valence-electron chi connectivity index (χ0n) is 31.8. The van der Waals surface area contributed by atoms with Gasteiger partial charge in [-0.25, -0.2) is 13.2 Å². The van der Waals surface area contributed by atoms with Gasteiger partial charge in [0.1, 0.15) is 0 Å². The number of nitrogens with zero attached hydrogens (tertiary/aromatic N) is 1. The first-order chi connectivity index (χ1) is 23.5. The van der Waals surface area contributed by atoms with Gasteiger partial charge in [0.15, 0.2) is 9.84 Å². The Morgan fingerprint density at radius 1 is 0.920 bits per heavy atom. The third kappa shape index (κ3) is 5.61. The lowest BCUT2D eigenvalue weighted by Gasteiger charge is -2.72. The van der Waals surface area contributed by atoms with Crippen molar-refractivity contribution < 1.29 is 18.3 Å². The van der Waals surface area contributed by atoms with E-state index in [4.69, 9.17) is 0 Å². The average Bonchev–Trinajstić information content (AvgIpc) is 3.44. The van der Waals surface area contributed by atoms with Crippen molar-refractivity contribution in [2.75, 3.05) is 44.2 Å². The van der Waals surface area contributed by atoms with E-state index in [1.807, 2.05) is 12.1 Å². The van der Waals surface area contributed by atoms with Gasteiger partial charge in [0.05, 0.1) is 17.1 Å². The zero-order chi connectivity index (χ0) is 35.9. The predicted molar refractivity (Wildman–Crippen MR) is 204 cm³/mol. The first-order valence-electron chi connectivity index (χ1n) is 19.8. The van der Waals surface area contributed by atoms with Crippen LogP contribution in [0.3, 0.4) is 0 Å². The van der Waals surface area contributed by atoms with Crippen molar-refractivity contribution in [3.63, 3.8) is 0 Å². The summed E-state index contributed by atoms with van der Waals surface area (Å²) in [6.07, 6.45) is 14.0. The maximum absolute atomic E-state index is 11.9. The molecule has 0 unspecified atom stereocenters. The molecule has 6 nitrogen and oxygen atoms in total. The standard InChI is InChI=1S/C43H64N2O4S/c1-29(2)32-14-19-43(28-44-22-23-45-24-26-50(48,49)27-25-45)21-20-41(6)34(37(32)43)12-13-36-40(5)17-15-33(30-8-10-31(11-9-30)38(46)47)39(3,4)35(40)16-18-42(36,41)7/h8-11,15,32,34-37,44H,1,12-14,16-28H2,2-7H3,(H,46,47)/t32-,34+,35-,36+,37+,40-,41+,42+,43+/m0/s1. The molecule has 50 heavy (non-hydrogen) atoms. The summed E-state index contributed by atoms with van der Waals surface area (Å²) >= 11 is 0. The molecule has 1 heterocycles. The van der Waals surface area contributed by atoms with Crippen LogP contribution in [-0.4, -0.2) is 68.6 Å². The number of aromatic carboxylic acids is 1. The Hall–Kier alpha value is -1.96. The second kappa shape index (κ2) is 12.6. The van der Waals surface area contributed by atoms with Crippen molar-refractivity contribution >= 4 is 21.4 Å². The molecule has 0 radical (unpaired) electrons. The Balaban J connectivity index is 1.12.